The summed E-state index contributed by atoms with van der Waals surface area (Å²) in [6, 6.07) is 6.29. The van der Waals surface area contributed by atoms with Crippen molar-refractivity contribution in [2.24, 2.45) is 11.7 Å². The van der Waals surface area contributed by atoms with Gasteiger partial charge < -0.3 is 20.6 Å². The Balaban J connectivity index is 1.13. The molecule has 0 spiro atoms. The molecule has 3 heterocycles. The first kappa shape index (κ1) is 20.6. The van der Waals surface area contributed by atoms with Crippen LogP contribution >= 0.6 is 0 Å². The van der Waals surface area contributed by atoms with Crippen LogP contribution in [0.15, 0.2) is 18.2 Å². The van der Waals surface area contributed by atoms with Crippen LogP contribution in [0.4, 0.5) is 0 Å². The summed E-state index contributed by atoms with van der Waals surface area (Å²) >= 11 is 0. The lowest BCUT2D eigenvalue weighted by Gasteiger charge is -2.38. The van der Waals surface area contributed by atoms with Crippen LogP contribution in [0.5, 0.6) is 0 Å². The van der Waals surface area contributed by atoms with Gasteiger partial charge in [0.2, 0.25) is 11.8 Å². The number of nitrogens with two attached hydrogens (primary N) is 1. The predicted molar refractivity (Wildman–Crippen MR) is 116 cm³/mol. The zero-order chi connectivity index (χ0) is 23.0. The lowest BCUT2D eigenvalue weighted by atomic mass is 10.0. The van der Waals surface area contributed by atoms with E-state index in [-0.39, 0.29) is 47.6 Å². The molecule has 33 heavy (non-hydrogen) atoms. The molecule has 172 valence electrons. The van der Waals surface area contributed by atoms with E-state index in [1.54, 1.807) is 17.0 Å². The maximum atomic E-state index is 13.3. The maximum absolute atomic E-state index is 13.3. The van der Waals surface area contributed by atoms with E-state index in [0.29, 0.717) is 19.0 Å². The normalized spacial score (nSPS) is 34.8. The molecule has 9 nitrogen and oxygen atoms in total. The number of nitrogens with zero attached hydrogens (tertiary/aromatic N) is 4. The first-order valence-electron chi connectivity index (χ1n) is 11.8. The van der Waals surface area contributed by atoms with Crippen molar-refractivity contribution in [3.8, 4) is 6.07 Å². The molecule has 9 heteroatoms. The first-order valence-corrected chi connectivity index (χ1v) is 11.8. The number of rotatable bonds is 5. The summed E-state index contributed by atoms with van der Waals surface area (Å²) in [5, 5.41) is 18.6. The van der Waals surface area contributed by atoms with Gasteiger partial charge in [0.1, 0.15) is 6.04 Å². The molecule has 5 unspecified atom stereocenters. The molecule has 1 aromatic carbocycles. The van der Waals surface area contributed by atoms with E-state index >= 15 is 0 Å². The quantitative estimate of drug-likeness (QED) is 0.669. The number of hydrogen-bond donors (Lipinski definition) is 2. The zero-order valence-corrected chi connectivity index (χ0v) is 18.3. The number of fused-ring (bicyclic) bond motifs is 4. The molecule has 0 aromatic heterocycles. The number of aromatic carboxylic acids is 1. The van der Waals surface area contributed by atoms with E-state index in [4.69, 9.17) is 5.73 Å². The lowest BCUT2D eigenvalue weighted by Crippen LogP contribution is -2.57. The van der Waals surface area contributed by atoms with Crippen molar-refractivity contribution in [2.45, 2.75) is 68.4 Å². The summed E-state index contributed by atoms with van der Waals surface area (Å²) in [5.74, 6) is -0.585. The van der Waals surface area contributed by atoms with Crippen molar-refractivity contribution in [2.75, 3.05) is 13.1 Å². The molecule has 5 aliphatic rings. The van der Waals surface area contributed by atoms with Gasteiger partial charge in [-0.15, -0.1) is 0 Å². The van der Waals surface area contributed by atoms with Gasteiger partial charge in [-0.25, -0.2) is 4.79 Å². The van der Waals surface area contributed by atoms with Crippen molar-refractivity contribution in [1.29, 1.82) is 5.26 Å². The molecule has 1 saturated carbocycles. The van der Waals surface area contributed by atoms with Crippen LogP contribution in [-0.4, -0.2) is 80.9 Å². The molecule has 3 saturated heterocycles. The van der Waals surface area contributed by atoms with Gasteiger partial charge in [0.05, 0.1) is 29.8 Å². The number of aryl methyl sites for hydroxylation is 1. The second-order valence-corrected chi connectivity index (χ2v) is 10.2. The number of likely N-dealkylation sites (tertiary alicyclic amines) is 3. The summed E-state index contributed by atoms with van der Waals surface area (Å²) in [5.41, 5.74) is 8.64. The highest BCUT2D eigenvalue weighted by Gasteiger charge is 2.56. The number of benzene rings is 1. The highest BCUT2D eigenvalue weighted by Crippen LogP contribution is 2.48. The van der Waals surface area contributed by atoms with Crippen LogP contribution in [0, 0.1) is 17.2 Å². The van der Waals surface area contributed by atoms with Gasteiger partial charge in [-0.05, 0) is 61.3 Å². The Hall–Kier alpha value is -2.96. The van der Waals surface area contributed by atoms with Crippen molar-refractivity contribution in [3.63, 3.8) is 0 Å². The van der Waals surface area contributed by atoms with E-state index < -0.39 is 12.0 Å². The fraction of sp³-hybridized carbons (Fsp3) is 0.583. The number of carbonyl (C=O) groups excluding carboxylic acids is 2. The van der Waals surface area contributed by atoms with Crippen molar-refractivity contribution in [3.05, 3.63) is 34.9 Å². The Morgan fingerprint density at radius 3 is 2.79 bits per heavy atom. The van der Waals surface area contributed by atoms with Gasteiger partial charge in [-0.2, -0.15) is 5.26 Å². The maximum Gasteiger partial charge on any atom is 0.335 e. The first-order chi connectivity index (χ1) is 15.9. The second-order valence-electron chi connectivity index (χ2n) is 10.2. The predicted octanol–water partition coefficient (Wildman–Crippen LogP) is 0.497. The average molecular weight is 450 g/mol. The SMILES string of the molecule is N#CC1C[C@@H]2CC2N1C(=O)C(N)CN1C[C@@H]2CC1C(=O)N2C1CCc2cc(C(=O)O)ccc21. The summed E-state index contributed by atoms with van der Waals surface area (Å²) in [6.07, 6.45) is 4.02. The number of carboxylic acids is 1. The second kappa shape index (κ2) is 7.27. The van der Waals surface area contributed by atoms with E-state index in [9.17, 15) is 24.8 Å². The third kappa shape index (κ3) is 3.08. The van der Waals surface area contributed by atoms with Crippen LogP contribution in [0.2, 0.25) is 0 Å². The van der Waals surface area contributed by atoms with Crippen molar-refractivity contribution >= 4 is 17.8 Å². The minimum absolute atomic E-state index is 0.0180. The third-order valence-corrected chi connectivity index (χ3v) is 8.34. The Morgan fingerprint density at radius 2 is 2.06 bits per heavy atom. The fourth-order valence-electron chi connectivity index (χ4n) is 6.73. The van der Waals surface area contributed by atoms with Gasteiger partial charge >= 0.3 is 5.97 Å². The molecule has 1 aromatic rings. The number of amides is 2. The van der Waals surface area contributed by atoms with Gasteiger partial charge in [0.25, 0.3) is 0 Å². The molecule has 6 rings (SSSR count). The number of carboxylic acid groups (broad SMARTS) is 1. The van der Waals surface area contributed by atoms with Gasteiger partial charge in [-0.1, -0.05) is 6.07 Å². The number of carbonyl (C=O) groups is 3. The lowest BCUT2D eigenvalue weighted by molar-refractivity contribution is -0.141. The van der Waals surface area contributed by atoms with Gasteiger partial charge in [-0.3, -0.25) is 14.5 Å². The Bertz CT molecular complexity index is 1100. The van der Waals surface area contributed by atoms with Crippen LogP contribution in [-0.2, 0) is 16.0 Å². The minimum Gasteiger partial charge on any atom is -0.478 e. The van der Waals surface area contributed by atoms with Crippen molar-refractivity contribution < 1.29 is 19.5 Å². The van der Waals surface area contributed by atoms with Crippen molar-refractivity contribution in [1.82, 2.24) is 14.7 Å². The highest BCUT2D eigenvalue weighted by atomic mass is 16.4. The number of piperidine rings is 1. The molecule has 3 N–H and O–H groups in total. The largest absolute Gasteiger partial charge is 0.478 e. The highest BCUT2D eigenvalue weighted by molar-refractivity contribution is 5.89. The summed E-state index contributed by atoms with van der Waals surface area (Å²) in [4.78, 5) is 43.3. The molecule has 3 aliphatic heterocycles. The van der Waals surface area contributed by atoms with Crippen LogP contribution < -0.4 is 5.73 Å². The summed E-state index contributed by atoms with van der Waals surface area (Å²) < 4.78 is 0. The van der Waals surface area contributed by atoms with Crippen LogP contribution in [0.25, 0.3) is 0 Å². The number of hydrogen-bond acceptors (Lipinski definition) is 6. The van der Waals surface area contributed by atoms with Crippen LogP contribution in [0.1, 0.15) is 53.2 Å². The Labute approximate surface area is 191 Å². The van der Waals surface area contributed by atoms with Crippen LogP contribution in [0.3, 0.4) is 0 Å². The molecule has 2 aliphatic carbocycles. The molecule has 0 radical (unpaired) electrons. The molecular weight excluding hydrogens is 422 g/mol. The molecular formula is C24H27N5O4. The third-order valence-electron chi connectivity index (χ3n) is 8.34. The topological polar surface area (TPSA) is 131 Å². The molecule has 2 bridgehead atoms. The Kier molecular flexibility index (Phi) is 4.55. The van der Waals surface area contributed by atoms with E-state index in [0.717, 1.165) is 43.2 Å². The average Bonchev–Trinajstić information content (AvgIpc) is 3.15. The van der Waals surface area contributed by atoms with Gasteiger partial charge in [0.15, 0.2) is 0 Å². The molecule has 7 atom stereocenters. The summed E-state index contributed by atoms with van der Waals surface area (Å²) in [7, 11) is 0. The van der Waals surface area contributed by atoms with Gasteiger partial charge in [0, 0.05) is 25.2 Å². The minimum atomic E-state index is -0.939. The number of piperazine rings is 1. The smallest absolute Gasteiger partial charge is 0.335 e. The monoisotopic (exact) mass is 449 g/mol. The van der Waals surface area contributed by atoms with E-state index in [1.165, 1.54) is 0 Å². The number of nitriles is 1. The molecule has 4 fully saturated rings. The standard InChI is InChI=1S/C24H27N5O4/c25-9-15-6-14-7-20(14)28(15)22(30)18(26)11-27-10-16-8-21(27)23(31)29(16)19-4-2-12-5-13(24(32)33)1-3-17(12)19/h1,3,5,14-16,18-21H,2,4,6-8,10-11,26H2,(H,32,33)/t14-,15?,16+,18?,19?,20?,21?/m1/s1. The van der Waals surface area contributed by atoms with E-state index in [1.807, 2.05) is 15.9 Å². The summed E-state index contributed by atoms with van der Waals surface area (Å²) in [6.45, 7) is 1.01. The Morgan fingerprint density at radius 1 is 1.24 bits per heavy atom. The van der Waals surface area contributed by atoms with E-state index in [2.05, 4.69) is 6.07 Å². The molecule has 2 amide bonds. The zero-order valence-electron chi connectivity index (χ0n) is 18.3. The fourth-order valence-corrected chi connectivity index (χ4v) is 6.73.